The van der Waals surface area contributed by atoms with Crippen LogP contribution in [0.4, 0.5) is 10.1 Å². The van der Waals surface area contributed by atoms with Crippen molar-refractivity contribution in [3.05, 3.63) is 59.9 Å². The Kier molecular flexibility index (Phi) is 5.38. The Morgan fingerprint density at radius 2 is 1.76 bits per heavy atom. The van der Waals surface area contributed by atoms with E-state index in [1.165, 1.54) is 6.07 Å². The van der Waals surface area contributed by atoms with Gasteiger partial charge in [0.25, 0.3) is 0 Å². The van der Waals surface area contributed by atoms with Crippen LogP contribution in [0.15, 0.2) is 53.5 Å². The van der Waals surface area contributed by atoms with Crippen molar-refractivity contribution >= 4 is 11.6 Å². The van der Waals surface area contributed by atoms with Gasteiger partial charge in [0.05, 0.1) is 5.69 Å². The Labute approximate surface area is 147 Å². The number of anilines is 1. The van der Waals surface area contributed by atoms with Gasteiger partial charge in [-0.25, -0.2) is 4.39 Å². The number of hydrogen-bond donors (Lipinski definition) is 2. The van der Waals surface area contributed by atoms with E-state index in [0.29, 0.717) is 17.9 Å². The summed E-state index contributed by atoms with van der Waals surface area (Å²) in [6, 6.07) is 14.1. The molecule has 0 bridgehead atoms. The first-order chi connectivity index (χ1) is 12.2. The monoisotopic (exact) mass is 342 g/mol. The van der Waals surface area contributed by atoms with Crippen molar-refractivity contribution in [2.75, 3.05) is 38.1 Å². The number of phenolic OH excluding ortho intramolecular Hbond substituents is 1. The molecule has 132 valence electrons. The number of hydrogen-bond acceptors (Lipinski definition) is 3. The van der Waals surface area contributed by atoms with Crippen molar-refractivity contribution in [3.63, 3.8) is 0 Å². The highest BCUT2D eigenvalue weighted by Crippen LogP contribution is 2.27. The van der Waals surface area contributed by atoms with Crippen LogP contribution in [-0.2, 0) is 6.54 Å². The van der Waals surface area contributed by atoms with E-state index >= 15 is 0 Å². The normalized spacial score (nSPS) is 15.4. The van der Waals surface area contributed by atoms with Crippen molar-refractivity contribution < 1.29 is 9.50 Å². The minimum atomic E-state index is -0.213. The molecule has 1 aliphatic rings. The third kappa shape index (κ3) is 4.02. The van der Waals surface area contributed by atoms with Crippen LogP contribution >= 0.6 is 0 Å². The van der Waals surface area contributed by atoms with E-state index in [1.54, 1.807) is 25.2 Å². The number of para-hydroxylation sites is 2. The summed E-state index contributed by atoms with van der Waals surface area (Å²) < 4.78 is 13.7. The second kappa shape index (κ2) is 7.88. The van der Waals surface area contributed by atoms with Crippen LogP contribution in [0.1, 0.15) is 5.56 Å². The highest BCUT2D eigenvalue weighted by atomic mass is 19.1. The number of phenols is 1. The van der Waals surface area contributed by atoms with Gasteiger partial charge in [-0.2, -0.15) is 0 Å². The molecule has 0 spiro atoms. The maximum atomic E-state index is 13.7. The molecule has 0 aliphatic carbocycles. The highest BCUT2D eigenvalue weighted by Gasteiger charge is 2.21. The quantitative estimate of drug-likeness (QED) is 0.664. The van der Waals surface area contributed by atoms with Crippen molar-refractivity contribution in [1.82, 2.24) is 10.2 Å². The average Bonchev–Trinajstić information content (AvgIpc) is 2.65. The smallest absolute Gasteiger partial charge is 0.194 e. The van der Waals surface area contributed by atoms with Crippen LogP contribution in [-0.4, -0.2) is 49.2 Å². The number of aliphatic imine (C=N–C) groups is 1. The van der Waals surface area contributed by atoms with Gasteiger partial charge in [-0.3, -0.25) is 4.99 Å². The summed E-state index contributed by atoms with van der Waals surface area (Å²) in [5, 5.41) is 13.2. The standard InChI is InChI=1S/C19H23FN4O/c1-21-19(22-14-15-6-2-3-7-16(15)20)24-12-10-23(11-13-24)17-8-4-5-9-18(17)25/h2-9,25H,10-14H2,1H3,(H,21,22). The minimum Gasteiger partial charge on any atom is -0.506 e. The zero-order chi connectivity index (χ0) is 17.6. The molecule has 3 rings (SSSR count). The largest absolute Gasteiger partial charge is 0.506 e. The molecule has 5 nitrogen and oxygen atoms in total. The average molecular weight is 342 g/mol. The summed E-state index contributed by atoms with van der Waals surface area (Å²) in [5.41, 5.74) is 1.48. The van der Waals surface area contributed by atoms with Crippen molar-refractivity contribution in [2.45, 2.75) is 6.54 Å². The highest BCUT2D eigenvalue weighted by molar-refractivity contribution is 5.80. The van der Waals surface area contributed by atoms with Gasteiger partial charge in [0, 0.05) is 45.3 Å². The molecule has 1 saturated heterocycles. The van der Waals surface area contributed by atoms with Crippen molar-refractivity contribution in [2.24, 2.45) is 4.99 Å². The molecule has 2 aromatic rings. The lowest BCUT2D eigenvalue weighted by molar-refractivity contribution is 0.369. The Bertz CT molecular complexity index is 742. The number of guanidine groups is 1. The summed E-state index contributed by atoms with van der Waals surface area (Å²) in [7, 11) is 1.74. The number of benzene rings is 2. The topological polar surface area (TPSA) is 51.1 Å². The van der Waals surface area contributed by atoms with Crippen LogP contribution in [0.2, 0.25) is 0 Å². The number of halogens is 1. The van der Waals surface area contributed by atoms with Crippen LogP contribution in [0.3, 0.4) is 0 Å². The lowest BCUT2D eigenvalue weighted by Crippen LogP contribution is -2.52. The van der Waals surface area contributed by atoms with E-state index in [1.807, 2.05) is 24.3 Å². The zero-order valence-corrected chi connectivity index (χ0v) is 14.3. The molecule has 0 aromatic heterocycles. The van der Waals surface area contributed by atoms with Gasteiger partial charge in [0.2, 0.25) is 0 Å². The van der Waals surface area contributed by atoms with Gasteiger partial charge < -0.3 is 20.2 Å². The minimum absolute atomic E-state index is 0.213. The van der Waals surface area contributed by atoms with E-state index in [0.717, 1.165) is 37.8 Å². The molecule has 25 heavy (non-hydrogen) atoms. The molecule has 1 fully saturated rings. The van der Waals surface area contributed by atoms with Crippen LogP contribution in [0.25, 0.3) is 0 Å². The van der Waals surface area contributed by atoms with Crippen molar-refractivity contribution in [1.29, 1.82) is 0 Å². The third-order valence-corrected chi connectivity index (χ3v) is 4.41. The maximum absolute atomic E-state index is 13.7. The van der Waals surface area contributed by atoms with E-state index in [2.05, 4.69) is 20.1 Å². The SMILES string of the molecule is CN=C(NCc1ccccc1F)N1CCN(c2ccccc2O)CC1. The molecule has 1 aliphatic heterocycles. The Balaban J connectivity index is 1.57. The van der Waals surface area contributed by atoms with Gasteiger partial charge in [-0.15, -0.1) is 0 Å². The molecule has 1 heterocycles. The second-order valence-electron chi connectivity index (χ2n) is 5.95. The molecule has 6 heteroatoms. The predicted octanol–water partition coefficient (Wildman–Crippen LogP) is 2.43. The van der Waals surface area contributed by atoms with Gasteiger partial charge in [-0.1, -0.05) is 30.3 Å². The molecular formula is C19H23FN4O. The Morgan fingerprint density at radius 1 is 1.08 bits per heavy atom. The first-order valence-corrected chi connectivity index (χ1v) is 8.41. The van der Waals surface area contributed by atoms with Crippen molar-refractivity contribution in [3.8, 4) is 5.75 Å². The molecule has 0 unspecified atom stereocenters. The van der Waals surface area contributed by atoms with Gasteiger partial charge in [-0.05, 0) is 18.2 Å². The van der Waals surface area contributed by atoms with E-state index < -0.39 is 0 Å². The number of aromatic hydroxyl groups is 1. The number of piperazine rings is 1. The summed E-state index contributed by atoms with van der Waals surface area (Å²) >= 11 is 0. The van der Waals surface area contributed by atoms with E-state index in [4.69, 9.17) is 0 Å². The molecule has 2 aromatic carbocycles. The third-order valence-electron chi connectivity index (χ3n) is 4.41. The molecule has 2 N–H and O–H groups in total. The van der Waals surface area contributed by atoms with E-state index in [9.17, 15) is 9.50 Å². The lowest BCUT2D eigenvalue weighted by atomic mass is 10.2. The fourth-order valence-corrected chi connectivity index (χ4v) is 3.04. The molecule has 0 saturated carbocycles. The predicted molar refractivity (Wildman–Crippen MR) is 98.5 cm³/mol. The molecular weight excluding hydrogens is 319 g/mol. The first-order valence-electron chi connectivity index (χ1n) is 8.41. The second-order valence-corrected chi connectivity index (χ2v) is 5.95. The molecule has 0 atom stereocenters. The summed E-state index contributed by atoms with van der Waals surface area (Å²) in [6.07, 6.45) is 0. The van der Waals surface area contributed by atoms with Gasteiger partial charge in [0.1, 0.15) is 11.6 Å². The van der Waals surface area contributed by atoms with Crippen LogP contribution < -0.4 is 10.2 Å². The molecule has 0 amide bonds. The maximum Gasteiger partial charge on any atom is 0.194 e. The Hall–Kier alpha value is -2.76. The first kappa shape index (κ1) is 17.1. The van der Waals surface area contributed by atoms with Crippen LogP contribution in [0.5, 0.6) is 5.75 Å². The van der Waals surface area contributed by atoms with Crippen LogP contribution in [0, 0.1) is 5.82 Å². The number of nitrogens with one attached hydrogen (secondary N) is 1. The summed E-state index contributed by atoms with van der Waals surface area (Å²) in [4.78, 5) is 8.63. The van der Waals surface area contributed by atoms with Gasteiger partial charge in [0.15, 0.2) is 5.96 Å². The number of rotatable bonds is 3. The Morgan fingerprint density at radius 3 is 2.44 bits per heavy atom. The fraction of sp³-hybridized carbons (Fsp3) is 0.316. The molecule has 0 radical (unpaired) electrons. The van der Waals surface area contributed by atoms with Gasteiger partial charge >= 0.3 is 0 Å². The zero-order valence-electron chi connectivity index (χ0n) is 14.3. The number of nitrogens with zero attached hydrogens (tertiary/aromatic N) is 3. The fourth-order valence-electron chi connectivity index (χ4n) is 3.04. The summed E-state index contributed by atoms with van der Waals surface area (Å²) in [6.45, 7) is 3.55. The lowest BCUT2D eigenvalue weighted by Gasteiger charge is -2.37. The van der Waals surface area contributed by atoms with E-state index in [-0.39, 0.29) is 5.82 Å². The summed E-state index contributed by atoms with van der Waals surface area (Å²) in [5.74, 6) is 0.855.